The third-order valence-electron chi connectivity index (χ3n) is 3.90. The van der Waals surface area contributed by atoms with E-state index in [1.165, 1.54) is 6.92 Å². The van der Waals surface area contributed by atoms with E-state index in [0.29, 0.717) is 11.1 Å². The predicted molar refractivity (Wildman–Crippen MR) is 89.9 cm³/mol. The van der Waals surface area contributed by atoms with Crippen molar-refractivity contribution in [1.82, 2.24) is 4.72 Å². The highest BCUT2D eigenvalue weighted by Crippen LogP contribution is 2.25. The maximum atomic E-state index is 12.6. The number of carbonyl (C=O) groups excluding carboxylic acids is 2. The Hall–Kier alpha value is -1.93. The Morgan fingerprint density at radius 1 is 1.17 bits per heavy atom. The van der Waals surface area contributed by atoms with E-state index in [4.69, 9.17) is 10.5 Å². The second kappa shape index (κ2) is 7.76. The molecule has 0 spiro atoms. The van der Waals surface area contributed by atoms with Crippen molar-refractivity contribution >= 4 is 21.9 Å². The first-order valence-electron chi connectivity index (χ1n) is 7.53. The number of benzene rings is 1. The third kappa shape index (κ3) is 4.78. The Morgan fingerprint density at radius 3 is 2.12 bits per heavy atom. The Bertz CT molecular complexity index is 730. The maximum absolute atomic E-state index is 12.6. The van der Waals surface area contributed by atoms with Gasteiger partial charge in [0.05, 0.1) is 11.3 Å². The minimum atomic E-state index is -3.76. The zero-order chi connectivity index (χ0) is 18.7. The molecule has 0 aliphatic carbocycles. The van der Waals surface area contributed by atoms with Gasteiger partial charge in [-0.1, -0.05) is 6.07 Å². The van der Waals surface area contributed by atoms with Crippen LogP contribution in [-0.2, 0) is 24.3 Å². The highest BCUT2D eigenvalue weighted by Gasteiger charge is 2.22. The van der Waals surface area contributed by atoms with Crippen molar-refractivity contribution in [1.29, 1.82) is 0 Å². The SMILES string of the molecule is Cc1cc(C)c(C)c(S(=O)(=O)NCCC(=O)O[C@H](C)C(N)=O)c1C. The average molecular weight is 356 g/mol. The highest BCUT2D eigenvalue weighted by atomic mass is 32.2. The van der Waals surface area contributed by atoms with E-state index in [9.17, 15) is 18.0 Å². The number of carbonyl (C=O) groups is 2. The largest absolute Gasteiger partial charge is 0.453 e. The number of nitrogens with two attached hydrogens (primary N) is 1. The lowest BCUT2D eigenvalue weighted by Gasteiger charge is -2.16. The summed E-state index contributed by atoms with van der Waals surface area (Å²) in [7, 11) is -3.76. The number of esters is 1. The van der Waals surface area contributed by atoms with Gasteiger partial charge in [-0.2, -0.15) is 0 Å². The topological polar surface area (TPSA) is 116 Å². The average Bonchev–Trinajstić information content (AvgIpc) is 2.44. The molecule has 0 bridgehead atoms. The molecule has 0 fully saturated rings. The molecule has 0 radical (unpaired) electrons. The lowest BCUT2D eigenvalue weighted by atomic mass is 10.0. The number of nitrogens with one attached hydrogen (secondary N) is 1. The monoisotopic (exact) mass is 356 g/mol. The van der Waals surface area contributed by atoms with Crippen LogP contribution in [0.3, 0.4) is 0 Å². The number of hydrogen-bond donors (Lipinski definition) is 2. The summed E-state index contributed by atoms with van der Waals surface area (Å²) in [6.45, 7) is 8.43. The standard InChI is InChI=1S/C16H24N2O5S/c1-9-8-10(2)12(4)15(11(9)3)24(21,22)18-7-6-14(19)23-13(5)16(17)20/h8,13,18H,6-7H2,1-5H3,(H2,17,20)/t13-/m1/s1. The second-order valence-electron chi connectivity index (χ2n) is 5.77. The van der Waals surface area contributed by atoms with E-state index in [1.807, 2.05) is 19.9 Å². The first-order valence-corrected chi connectivity index (χ1v) is 9.01. The number of rotatable bonds is 7. The number of aryl methyl sites for hydroxylation is 2. The molecule has 0 saturated heterocycles. The Balaban J connectivity index is 2.83. The summed E-state index contributed by atoms with van der Waals surface area (Å²) in [4.78, 5) is 22.6. The van der Waals surface area contributed by atoms with Gasteiger partial charge in [0.15, 0.2) is 6.10 Å². The molecule has 24 heavy (non-hydrogen) atoms. The highest BCUT2D eigenvalue weighted by molar-refractivity contribution is 7.89. The summed E-state index contributed by atoms with van der Waals surface area (Å²) in [5, 5.41) is 0. The fraction of sp³-hybridized carbons (Fsp3) is 0.500. The van der Waals surface area contributed by atoms with Crippen LogP contribution < -0.4 is 10.5 Å². The van der Waals surface area contributed by atoms with E-state index >= 15 is 0 Å². The van der Waals surface area contributed by atoms with Crippen LogP contribution >= 0.6 is 0 Å². The van der Waals surface area contributed by atoms with Gasteiger partial charge in [0, 0.05) is 6.54 Å². The quantitative estimate of drug-likeness (QED) is 0.707. The van der Waals surface area contributed by atoms with Crippen LogP contribution in [0, 0.1) is 27.7 Å². The summed E-state index contributed by atoms with van der Waals surface area (Å²) >= 11 is 0. The van der Waals surface area contributed by atoms with Crippen molar-refractivity contribution in [3.8, 4) is 0 Å². The maximum Gasteiger partial charge on any atom is 0.307 e. The van der Waals surface area contributed by atoms with Gasteiger partial charge in [-0.05, 0) is 56.9 Å². The lowest BCUT2D eigenvalue weighted by Crippen LogP contribution is -2.32. The van der Waals surface area contributed by atoms with Gasteiger partial charge >= 0.3 is 5.97 Å². The Kier molecular flexibility index (Phi) is 6.50. The Morgan fingerprint density at radius 2 is 1.67 bits per heavy atom. The van der Waals surface area contributed by atoms with Crippen molar-refractivity contribution in [2.75, 3.05) is 6.54 Å². The minimum absolute atomic E-state index is 0.126. The van der Waals surface area contributed by atoms with Gasteiger partial charge in [0.2, 0.25) is 10.0 Å². The van der Waals surface area contributed by atoms with Gasteiger partial charge in [0.25, 0.3) is 5.91 Å². The molecule has 1 atom stereocenters. The molecule has 3 N–H and O–H groups in total. The fourth-order valence-electron chi connectivity index (χ4n) is 2.26. The van der Waals surface area contributed by atoms with Crippen molar-refractivity contribution in [3.63, 3.8) is 0 Å². The van der Waals surface area contributed by atoms with Gasteiger partial charge < -0.3 is 10.5 Å². The summed E-state index contributed by atoms with van der Waals surface area (Å²) in [5.41, 5.74) is 8.11. The van der Waals surface area contributed by atoms with Crippen LogP contribution in [0.15, 0.2) is 11.0 Å². The molecule has 1 aromatic carbocycles. The number of primary amides is 1. The molecule has 134 valence electrons. The minimum Gasteiger partial charge on any atom is -0.453 e. The smallest absolute Gasteiger partial charge is 0.307 e. The molecule has 0 saturated carbocycles. The van der Waals surface area contributed by atoms with E-state index < -0.39 is 28.0 Å². The number of hydrogen-bond acceptors (Lipinski definition) is 5. The van der Waals surface area contributed by atoms with Crippen molar-refractivity contribution in [2.45, 2.75) is 52.0 Å². The molecule has 7 nitrogen and oxygen atoms in total. The Labute approximate surface area is 142 Å². The van der Waals surface area contributed by atoms with Crippen LogP contribution in [0.1, 0.15) is 35.6 Å². The summed E-state index contributed by atoms with van der Waals surface area (Å²) in [6.07, 6.45) is -1.24. The van der Waals surface area contributed by atoms with Gasteiger partial charge in [0.1, 0.15) is 0 Å². The van der Waals surface area contributed by atoms with Crippen LogP contribution in [0.25, 0.3) is 0 Å². The molecule has 8 heteroatoms. The third-order valence-corrected chi connectivity index (χ3v) is 5.63. The lowest BCUT2D eigenvalue weighted by molar-refractivity contribution is -0.153. The molecule has 0 heterocycles. The number of amides is 1. The van der Waals surface area contributed by atoms with E-state index in [2.05, 4.69) is 4.72 Å². The number of sulfonamides is 1. The second-order valence-corrected chi connectivity index (χ2v) is 7.48. The van der Waals surface area contributed by atoms with E-state index in [0.717, 1.165) is 11.1 Å². The molecule has 0 aromatic heterocycles. The van der Waals surface area contributed by atoms with Gasteiger partial charge in [-0.25, -0.2) is 13.1 Å². The van der Waals surface area contributed by atoms with E-state index in [-0.39, 0.29) is 17.9 Å². The van der Waals surface area contributed by atoms with E-state index in [1.54, 1.807) is 13.8 Å². The predicted octanol–water partition coefficient (Wildman–Crippen LogP) is 1.01. The van der Waals surface area contributed by atoms with Crippen molar-refractivity contribution < 1.29 is 22.7 Å². The van der Waals surface area contributed by atoms with Crippen molar-refractivity contribution in [3.05, 3.63) is 28.3 Å². The number of ether oxygens (including phenoxy) is 1. The molecule has 0 unspecified atom stereocenters. The molecule has 0 aliphatic rings. The van der Waals surface area contributed by atoms with Gasteiger partial charge in [-0.15, -0.1) is 0 Å². The molecule has 1 rings (SSSR count). The molecular formula is C16H24N2O5S. The molecule has 1 amide bonds. The first kappa shape index (κ1) is 20.1. The molecular weight excluding hydrogens is 332 g/mol. The summed E-state index contributed by atoms with van der Waals surface area (Å²) in [6, 6.07) is 1.94. The van der Waals surface area contributed by atoms with Crippen LogP contribution in [-0.4, -0.2) is 32.9 Å². The van der Waals surface area contributed by atoms with Crippen molar-refractivity contribution in [2.24, 2.45) is 5.73 Å². The zero-order valence-electron chi connectivity index (χ0n) is 14.6. The summed E-state index contributed by atoms with van der Waals surface area (Å²) in [5.74, 6) is -1.46. The normalized spacial score (nSPS) is 12.7. The van der Waals surface area contributed by atoms with Crippen LogP contribution in [0.5, 0.6) is 0 Å². The first-order chi connectivity index (χ1) is 11.0. The zero-order valence-corrected chi connectivity index (χ0v) is 15.4. The summed E-state index contributed by atoms with van der Waals surface area (Å²) < 4.78 is 32.3. The van der Waals surface area contributed by atoms with Gasteiger partial charge in [-0.3, -0.25) is 9.59 Å². The molecule has 0 aliphatic heterocycles. The van der Waals surface area contributed by atoms with Crippen LogP contribution in [0.4, 0.5) is 0 Å². The fourth-order valence-corrected chi connectivity index (χ4v) is 3.90. The molecule has 1 aromatic rings. The van der Waals surface area contributed by atoms with Crippen LogP contribution in [0.2, 0.25) is 0 Å².